The van der Waals surface area contributed by atoms with Crippen LogP contribution in [-0.4, -0.2) is 15.1 Å². The number of unbranched alkanes of at least 4 members (excludes halogenated alkanes) is 1. The van der Waals surface area contributed by atoms with Crippen LogP contribution in [0.1, 0.15) is 12.8 Å². The van der Waals surface area contributed by atoms with Gasteiger partial charge in [-0.3, -0.25) is 0 Å². The summed E-state index contributed by atoms with van der Waals surface area (Å²) in [5, 5.41) is 0. The molecule has 0 aromatic carbocycles. The quantitative estimate of drug-likeness (QED) is 0.365. The maximum absolute atomic E-state index is 5.26. The summed E-state index contributed by atoms with van der Waals surface area (Å²) < 4.78 is 0. The first-order valence-electron chi connectivity index (χ1n) is 2.89. The van der Waals surface area contributed by atoms with Crippen LogP contribution < -0.4 is 0 Å². The van der Waals surface area contributed by atoms with Crippen LogP contribution in [0.25, 0.3) is 0 Å². The highest BCUT2D eigenvalue weighted by atomic mass is 13.8. The normalized spacial score (nSPS) is 8.71. The van der Waals surface area contributed by atoms with Gasteiger partial charge in [0, 0.05) is 0 Å². The Morgan fingerprint density at radius 2 is 2.14 bits per heavy atom. The van der Waals surface area contributed by atoms with Gasteiger partial charge in [0.1, 0.15) is 7.28 Å². The first kappa shape index (κ1) is 7.13. The molecule has 0 fully saturated rings. The summed E-state index contributed by atoms with van der Waals surface area (Å²) in [6, 6.07) is 0. The molecule has 3 radical (unpaired) electrons. The fourth-order valence-electron chi connectivity index (χ4n) is 0.493. The minimum Gasteiger partial charge on any atom is -0.0920 e. The molecule has 0 aromatic rings. The fraction of sp³-hybridized carbons (Fsp3) is 1.00. The van der Waals surface area contributed by atoms with Crippen molar-refractivity contribution in [3.05, 3.63) is 0 Å². The molecule has 37 valence electrons. The third-order valence-corrected chi connectivity index (χ3v) is 0.947. The van der Waals surface area contributed by atoms with Crippen molar-refractivity contribution < 1.29 is 0 Å². The van der Waals surface area contributed by atoms with Crippen LogP contribution in [0.5, 0.6) is 0 Å². The van der Waals surface area contributed by atoms with E-state index in [4.69, 9.17) is 7.85 Å². The van der Waals surface area contributed by atoms with Crippen LogP contribution in [0.15, 0.2) is 0 Å². The summed E-state index contributed by atoms with van der Waals surface area (Å²) in [6.45, 7) is 2.08. The Morgan fingerprint density at radius 1 is 1.43 bits per heavy atom. The first-order chi connectivity index (χ1) is 3.41. The molecule has 0 aromatic heterocycles. The maximum Gasteiger partial charge on any atom is 0.105 e. The van der Waals surface area contributed by atoms with Gasteiger partial charge in [0.15, 0.2) is 0 Å². The lowest BCUT2D eigenvalue weighted by Gasteiger charge is -1.89. The Labute approximate surface area is 48.3 Å². The van der Waals surface area contributed by atoms with E-state index in [2.05, 4.69) is 14.1 Å². The third-order valence-electron chi connectivity index (χ3n) is 0.947. The minimum atomic E-state index is 0.841. The smallest absolute Gasteiger partial charge is 0.0920 e. The van der Waals surface area contributed by atoms with Gasteiger partial charge in [0.05, 0.1) is 7.85 Å². The van der Waals surface area contributed by atoms with E-state index in [9.17, 15) is 0 Å². The van der Waals surface area contributed by atoms with Crippen molar-refractivity contribution >= 4 is 15.1 Å². The Hall–Kier alpha value is 0.130. The van der Waals surface area contributed by atoms with Gasteiger partial charge in [-0.1, -0.05) is 32.3 Å². The monoisotopic (exact) mass is 93.1 g/mol. The molecular weight excluding hydrogens is 81.7 g/mol. The zero-order valence-electron chi connectivity index (χ0n) is 4.98. The van der Waals surface area contributed by atoms with Crippen LogP contribution in [0.2, 0.25) is 19.5 Å². The molecule has 0 atom stereocenters. The molecule has 0 aliphatic heterocycles. The molecule has 0 N–H and O–H groups in total. The van der Waals surface area contributed by atoms with E-state index in [0.717, 1.165) is 6.32 Å². The predicted octanol–water partition coefficient (Wildman–Crippen LogP) is 1.52. The average molecular weight is 92.8 g/mol. The van der Waals surface area contributed by atoms with Gasteiger partial charge in [-0.05, 0) is 0 Å². The molecule has 0 aliphatic carbocycles. The molecule has 0 nitrogen and oxygen atoms in total. The molecule has 0 unspecified atom stereocenters. The summed E-state index contributed by atoms with van der Waals surface area (Å²) in [7, 11) is 7.43. The largest absolute Gasteiger partial charge is 0.105 e. The van der Waals surface area contributed by atoms with Crippen molar-refractivity contribution in [3.8, 4) is 0 Å². The van der Waals surface area contributed by atoms with E-state index in [-0.39, 0.29) is 0 Å². The molecule has 0 aliphatic rings. The van der Waals surface area contributed by atoms with E-state index in [1.54, 1.807) is 0 Å². The van der Waals surface area contributed by atoms with Crippen LogP contribution in [0.4, 0.5) is 0 Å². The average Bonchev–Trinajstić information content (AvgIpc) is 1.69. The number of hydrogen-bond donors (Lipinski definition) is 0. The Kier molecular flexibility index (Phi) is 6.24. The Morgan fingerprint density at radius 3 is 2.57 bits per heavy atom. The van der Waals surface area contributed by atoms with Crippen molar-refractivity contribution in [1.82, 2.24) is 0 Å². The molecular formula is C5H11B2. The van der Waals surface area contributed by atoms with Crippen molar-refractivity contribution in [2.24, 2.45) is 0 Å². The zero-order chi connectivity index (χ0) is 5.54. The van der Waals surface area contributed by atoms with Gasteiger partial charge in [-0.15, -0.1) is 0 Å². The van der Waals surface area contributed by atoms with E-state index < -0.39 is 0 Å². The molecule has 0 heterocycles. The van der Waals surface area contributed by atoms with Crippen LogP contribution in [0, 0.1) is 0 Å². The van der Waals surface area contributed by atoms with Gasteiger partial charge in [0.25, 0.3) is 0 Å². The van der Waals surface area contributed by atoms with Crippen molar-refractivity contribution in [1.29, 1.82) is 0 Å². The van der Waals surface area contributed by atoms with Crippen LogP contribution in [0.3, 0.4) is 0 Å². The molecule has 0 saturated heterocycles. The predicted molar refractivity (Wildman–Crippen MR) is 36.2 cm³/mol. The van der Waals surface area contributed by atoms with Gasteiger partial charge in [-0.25, -0.2) is 0 Å². The zero-order valence-corrected chi connectivity index (χ0v) is 4.98. The topological polar surface area (TPSA) is 0 Å². The lowest BCUT2D eigenvalue weighted by Crippen LogP contribution is -1.79. The van der Waals surface area contributed by atoms with Crippen LogP contribution in [-0.2, 0) is 0 Å². The molecule has 0 bridgehead atoms. The molecule has 0 amide bonds. The summed E-state index contributed by atoms with van der Waals surface area (Å²) >= 11 is 0. The second-order valence-electron chi connectivity index (χ2n) is 1.69. The van der Waals surface area contributed by atoms with E-state index >= 15 is 0 Å². The van der Waals surface area contributed by atoms with E-state index in [1.807, 2.05) is 0 Å². The van der Waals surface area contributed by atoms with Crippen LogP contribution >= 0.6 is 0 Å². The second-order valence-corrected chi connectivity index (χ2v) is 1.69. The summed E-state index contributed by atoms with van der Waals surface area (Å²) in [5.41, 5.74) is 0. The van der Waals surface area contributed by atoms with Crippen molar-refractivity contribution in [2.75, 3.05) is 0 Å². The Bertz CT molecular complexity index is 25.3. The Balaban J connectivity index is 2.45. The maximum atomic E-state index is 5.26. The highest BCUT2D eigenvalue weighted by molar-refractivity contribution is 6.33. The first-order valence-corrected chi connectivity index (χ1v) is 2.89. The number of rotatable bonds is 4. The van der Waals surface area contributed by atoms with Crippen molar-refractivity contribution in [3.63, 3.8) is 0 Å². The molecule has 0 rings (SSSR count). The third kappa shape index (κ3) is 6.13. The summed E-state index contributed by atoms with van der Waals surface area (Å²) in [5.74, 6) is 0. The van der Waals surface area contributed by atoms with Gasteiger partial charge < -0.3 is 0 Å². The molecule has 0 spiro atoms. The fourth-order valence-corrected chi connectivity index (χ4v) is 0.493. The molecule has 2 heteroatoms. The lowest BCUT2D eigenvalue weighted by atomic mass is 9.75. The highest BCUT2D eigenvalue weighted by Gasteiger charge is 1.81. The number of hydrogen-bond acceptors (Lipinski definition) is 0. The minimum absolute atomic E-state index is 0.841. The lowest BCUT2D eigenvalue weighted by molar-refractivity contribution is 0.878. The summed E-state index contributed by atoms with van der Waals surface area (Å²) in [4.78, 5) is 0. The standard InChI is InChI=1S/C5H11B2/c1-7-5-3-2-4-6/h2-5H2,1H3. The molecule has 0 saturated carbocycles. The second kappa shape index (κ2) is 6.13. The van der Waals surface area contributed by atoms with Crippen molar-refractivity contribution in [2.45, 2.75) is 32.3 Å². The SMILES string of the molecule is [B]CCCC[B]C. The summed E-state index contributed by atoms with van der Waals surface area (Å²) in [6.07, 6.45) is 4.49. The molecule has 7 heavy (non-hydrogen) atoms. The highest BCUT2D eigenvalue weighted by Crippen LogP contribution is 1.96. The van der Waals surface area contributed by atoms with E-state index in [0.29, 0.717) is 0 Å². The van der Waals surface area contributed by atoms with E-state index in [1.165, 1.54) is 19.2 Å². The van der Waals surface area contributed by atoms with Gasteiger partial charge in [0.2, 0.25) is 0 Å². The van der Waals surface area contributed by atoms with Gasteiger partial charge in [-0.2, -0.15) is 0 Å². The van der Waals surface area contributed by atoms with Gasteiger partial charge >= 0.3 is 0 Å².